The summed E-state index contributed by atoms with van der Waals surface area (Å²) in [7, 11) is 1.76. The van der Waals surface area contributed by atoms with Crippen LogP contribution in [0.4, 0.5) is 0 Å². The van der Waals surface area contributed by atoms with E-state index in [2.05, 4.69) is 32.9 Å². The SMILES string of the molecule is CCCCCCC(C)(C)c1cc(OC)c(C2CCCC(O)C2)c(OCC)c1. The first-order valence-electron chi connectivity index (χ1n) is 11.0. The molecule has 2 atom stereocenters. The molecule has 154 valence electrons. The molecule has 0 spiro atoms. The van der Waals surface area contributed by atoms with Crippen LogP contribution in [0.15, 0.2) is 12.1 Å². The van der Waals surface area contributed by atoms with Crippen LogP contribution in [0.25, 0.3) is 0 Å². The quantitative estimate of drug-likeness (QED) is 0.483. The van der Waals surface area contributed by atoms with Crippen LogP contribution >= 0.6 is 0 Å². The standard InChI is InChI=1S/C24H40O3/c1-6-8-9-10-14-24(3,4)19-16-21(26-5)23(22(17-19)27-7-2)18-12-11-13-20(25)15-18/h16-18,20,25H,6-15H2,1-5H3. The smallest absolute Gasteiger partial charge is 0.126 e. The first-order valence-corrected chi connectivity index (χ1v) is 11.0. The number of benzene rings is 1. The van der Waals surface area contributed by atoms with Crippen LogP contribution in [0, 0.1) is 0 Å². The number of aliphatic hydroxyl groups is 1. The van der Waals surface area contributed by atoms with Gasteiger partial charge in [0.25, 0.3) is 0 Å². The van der Waals surface area contributed by atoms with Gasteiger partial charge in [-0.25, -0.2) is 0 Å². The molecule has 2 rings (SSSR count). The monoisotopic (exact) mass is 376 g/mol. The second-order valence-electron chi connectivity index (χ2n) is 8.74. The summed E-state index contributed by atoms with van der Waals surface area (Å²) in [6.45, 7) is 9.59. The highest BCUT2D eigenvalue weighted by Crippen LogP contribution is 2.45. The van der Waals surface area contributed by atoms with Crippen LogP contribution in [0.1, 0.15) is 103 Å². The van der Waals surface area contributed by atoms with Gasteiger partial charge in [-0.15, -0.1) is 0 Å². The normalized spacial score (nSPS) is 20.5. The van der Waals surface area contributed by atoms with E-state index in [4.69, 9.17) is 9.47 Å². The fraction of sp³-hybridized carbons (Fsp3) is 0.750. The van der Waals surface area contributed by atoms with Crippen LogP contribution in [0.2, 0.25) is 0 Å². The van der Waals surface area contributed by atoms with Gasteiger partial charge in [-0.2, -0.15) is 0 Å². The van der Waals surface area contributed by atoms with Gasteiger partial charge in [-0.1, -0.05) is 52.9 Å². The van der Waals surface area contributed by atoms with E-state index in [0.29, 0.717) is 12.5 Å². The Balaban J connectivity index is 2.33. The lowest BCUT2D eigenvalue weighted by atomic mass is 9.77. The van der Waals surface area contributed by atoms with Crippen LogP contribution < -0.4 is 9.47 Å². The van der Waals surface area contributed by atoms with Gasteiger partial charge < -0.3 is 14.6 Å². The van der Waals surface area contributed by atoms with Crippen molar-refractivity contribution < 1.29 is 14.6 Å². The van der Waals surface area contributed by atoms with Crippen molar-refractivity contribution in [1.82, 2.24) is 0 Å². The molecular weight excluding hydrogens is 336 g/mol. The summed E-state index contributed by atoms with van der Waals surface area (Å²) in [4.78, 5) is 0. The molecule has 0 aromatic heterocycles. The fourth-order valence-electron chi connectivity index (χ4n) is 4.40. The number of rotatable bonds is 10. The Morgan fingerprint density at radius 2 is 1.81 bits per heavy atom. The van der Waals surface area contributed by atoms with E-state index in [1.54, 1.807) is 7.11 Å². The molecule has 0 saturated heterocycles. The van der Waals surface area contributed by atoms with Crippen molar-refractivity contribution >= 4 is 0 Å². The Labute approximate surface area is 166 Å². The highest BCUT2D eigenvalue weighted by Gasteiger charge is 2.30. The van der Waals surface area contributed by atoms with Crippen molar-refractivity contribution in [3.63, 3.8) is 0 Å². The highest BCUT2D eigenvalue weighted by atomic mass is 16.5. The third-order valence-electron chi connectivity index (χ3n) is 6.12. The Morgan fingerprint density at radius 3 is 2.44 bits per heavy atom. The second-order valence-corrected chi connectivity index (χ2v) is 8.74. The van der Waals surface area contributed by atoms with Crippen LogP contribution in [0.5, 0.6) is 11.5 Å². The van der Waals surface area contributed by atoms with Gasteiger partial charge in [-0.05, 0) is 61.6 Å². The average molecular weight is 377 g/mol. The lowest BCUT2D eigenvalue weighted by Crippen LogP contribution is -2.21. The number of ether oxygens (including phenoxy) is 2. The summed E-state index contributed by atoms with van der Waals surface area (Å²) < 4.78 is 11.9. The molecule has 3 heteroatoms. The Morgan fingerprint density at radius 1 is 1.07 bits per heavy atom. The maximum absolute atomic E-state index is 10.2. The largest absolute Gasteiger partial charge is 0.496 e. The third-order valence-corrected chi connectivity index (χ3v) is 6.12. The first-order chi connectivity index (χ1) is 12.9. The molecule has 2 unspecified atom stereocenters. The molecule has 1 aliphatic carbocycles. The molecule has 1 saturated carbocycles. The van der Waals surface area contributed by atoms with Crippen LogP contribution in [0.3, 0.4) is 0 Å². The zero-order valence-electron chi connectivity index (χ0n) is 18.1. The Bertz CT molecular complexity index is 579. The summed E-state index contributed by atoms with van der Waals surface area (Å²) in [5.74, 6) is 2.19. The van der Waals surface area contributed by atoms with Gasteiger partial charge in [0.2, 0.25) is 0 Å². The van der Waals surface area contributed by atoms with Crippen molar-refractivity contribution in [1.29, 1.82) is 0 Å². The number of methoxy groups -OCH3 is 1. The summed E-state index contributed by atoms with van der Waals surface area (Å²) in [5, 5.41) is 10.2. The Hall–Kier alpha value is -1.22. The molecule has 0 bridgehead atoms. The molecule has 0 radical (unpaired) electrons. The van der Waals surface area contributed by atoms with E-state index in [1.165, 1.54) is 37.7 Å². The zero-order chi connectivity index (χ0) is 19.9. The van der Waals surface area contributed by atoms with Gasteiger partial charge in [0.1, 0.15) is 11.5 Å². The maximum atomic E-state index is 10.2. The van der Waals surface area contributed by atoms with E-state index in [0.717, 1.165) is 42.7 Å². The fourth-order valence-corrected chi connectivity index (χ4v) is 4.40. The summed E-state index contributed by atoms with van der Waals surface area (Å²) in [6, 6.07) is 4.46. The molecule has 1 N–H and O–H groups in total. The highest BCUT2D eigenvalue weighted by molar-refractivity contribution is 5.52. The van der Waals surface area contributed by atoms with Gasteiger partial charge in [-0.3, -0.25) is 0 Å². The second kappa shape index (κ2) is 10.4. The molecule has 1 aromatic rings. The van der Waals surface area contributed by atoms with Gasteiger partial charge >= 0.3 is 0 Å². The summed E-state index contributed by atoms with van der Waals surface area (Å²) in [6.07, 6.45) is 9.95. The average Bonchev–Trinajstić information content (AvgIpc) is 2.65. The number of hydrogen-bond donors (Lipinski definition) is 1. The number of aliphatic hydroxyl groups excluding tert-OH is 1. The molecule has 3 nitrogen and oxygen atoms in total. The minimum absolute atomic E-state index is 0.0947. The van der Waals surface area contributed by atoms with Crippen molar-refractivity contribution in [2.24, 2.45) is 0 Å². The molecule has 1 aliphatic rings. The van der Waals surface area contributed by atoms with Crippen LogP contribution in [-0.4, -0.2) is 24.9 Å². The van der Waals surface area contributed by atoms with Gasteiger partial charge in [0.05, 0.1) is 19.8 Å². The predicted octanol–water partition coefficient (Wildman–Crippen LogP) is 6.36. The minimum Gasteiger partial charge on any atom is -0.496 e. The minimum atomic E-state index is -0.211. The van der Waals surface area contributed by atoms with Gasteiger partial charge in [0.15, 0.2) is 0 Å². The van der Waals surface area contributed by atoms with Crippen molar-refractivity contribution in [2.45, 2.75) is 103 Å². The van der Waals surface area contributed by atoms with E-state index < -0.39 is 0 Å². The van der Waals surface area contributed by atoms with E-state index in [9.17, 15) is 5.11 Å². The molecule has 1 fully saturated rings. The lowest BCUT2D eigenvalue weighted by molar-refractivity contribution is 0.118. The molecule has 27 heavy (non-hydrogen) atoms. The Kier molecular flexibility index (Phi) is 8.47. The third kappa shape index (κ3) is 5.88. The molecular formula is C24H40O3. The topological polar surface area (TPSA) is 38.7 Å². The van der Waals surface area contributed by atoms with Crippen molar-refractivity contribution in [3.8, 4) is 11.5 Å². The lowest BCUT2D eigenvalue weighted by Gasteiger charge is -2.31. The first kappa shape index (κ1) is 22.1. The van der Waals surface area contributed by atoms with E-state index >= 15 is 0 Å². The number of unbranched alkanes of at least 4 members (excludes halogenated alkanes) is 3. The summed E-state index contributed by atoms with van der Waals surface area (Å²) in [5.41, 5.74) is 2.54. The molecule has 0 aliphatic heterocycles. The molecule has 1 aromatic carbocycles. The van der Waals surface area contributed by atoms with Gasteiger partial charge in [0, 0.05) is 5.56 Å². The zero-order valence-corrected chi connectivity index (χ0v) is 18.1. The van der Waals surface area contributed by atoms with Crippen molar-refractivity contribution in [2.75, 3.05) is 13.7 Å². The number of hydrogen-bond acceptors (Lipinski definition) is 3. The molecule has 0 heterocycles. The van der Waals surface area contributed by atoms with E-state index in [1.807, 2.05) is 6.92 Å². The maximum Gasteiger partial charge on any atom is 0.126 e. The predicted molar refractivity (Wildman–Crippen MR) is 113 cm³/mol. The molecule has 0 amide bonds. The summed E-state index contributed by atoms with van der Waals surface area (Å²) >= 11 is 0. The van der Waals surface area contributed by atoms with Crippen molar-refractivity contribution in [3.05, 3.63) is 23.3 Å². The van der Waals surface area contributed by atoms with Crippen LogP contribution in [-0.2, 0) is 5.41 Å². The van der Waals surface area contributed by atoms with E-state index in [-0.39, 0.29) is 11.5 Å².